The minimum atomic E-state index is -3.75. The number of anilines is 1. The smallest absolute Gasteiger partial charge is 0.238 e. The molecule has 0 spiro atoms. The number of rotatable bonds is 2. The van der Waals surface area contributed by atoms with E-state index in [-0.39, 0.29) is 4.90 Å². The summed E-state index contributed by atoms with van der Waals surface area (Å²) in [6, 6.07) is 7.36. The Kier molecular flexibility index (Phi) is 3.59. The van der Waals surface area contributed by atoms with Crippen molar-refractivity contribution in [1.29, 1.82) is 0 Å². The summed E-state index contributed by atoms with van der Waals surface area (Å²) in [5, 5.41) is 5.90. The molecule has 112 valence electrons. The maximum Gasteiger partial charge on any atom is 0.238 e. The molecule has 1 saturated heterocycles. The molecular weight excluding hydrogens is 286 g/mol. The van der Waals surface area contributed by atoms with Gasteiger partial charge in [-0.1, -0.05) is 0 Å². The van der Waals surface area contributed by atoms with E-state index in [1.165, 1.54) is 6.42 Å². The maximum absolute atomic E-state index is 11.7. The van der Waals surface area contributed by atoms with Crippen molar-refractivity contribution in [2.24, 2.45) is 5.14 Å². The lowest BCUT2D eigenvalue weighted by molar-refractivity contribution is 0.485. The van der Waals surface area contributed by atoms with Crippen molar-refractivity contribution in [2.45, 2.75) is 37.1 Å². The predicted octanol–water partition coefficient (Wildman–Crippen LogP) is 2.26. The molecule has 5 nitrogen and oxygen atoms in total. The molecule has 2 aromatic rings. The molecule has 3 rings (SSSR count). The van der Waals surface area contributed by atoms with Gasteiger partial charge in [0.25, 0.3) is 0 Å². The van der Waals surface area contributed by atoms with E-state index in [1.54, 1.807) is 24.4 Å². The van der Waals surface area contributed by atoms with E-state index >= 15 is 0 Å². The maximum atomic E-state index is 11.7. The van der Waals surface area contributed by atoms with Crippen LogP contribution < -0.4 is 10.0 Å². The zero-order chi connectivity index (χ0) is 15.0. The molecular formula is C15H19N3O2S. The van der Waals surface area contributed by atoms with Gasteiger partial charge in [0.05, 0.1) is 16.1 Å². The van der Waals surface area contributed by atoms with Gasteiger partial charge in [0.15, 0.2) is 0 Å². The number of fused-ring (bicyclic) bond motifs is 1. The quantitative estimate of drug-likeness (QED) is 0.923. The number of hydrogen-bond acceptors (Lipinski definition) is 4. The average molecular weight is 305 g/mol. The third-order valence-electron chi connectivity index (χ3n) is 4.13. The van der Waals surface area contributed by atoms with Crippen molar-refractivity contribution in [3.05, 3.63) is 30.5 Å². The van der Waals surface area contributed by atoms with Crippen LogP contribution in [0, 0.1) is 0 Å². The number of aromatic nitrogens is 1. The minimum absolute atomic E-state index is 0.138. The zero-order valence-electron chi connectivity index (χ0n) is 12.0. The van der Waals surface area contributed by atoms with Crippen molar-refractivity contribution in [1.82, 2.24) is 4.98 Å². The van der Waals surface area contributed by atoms with Crippen LogP contribution in [0.25, 0.3) is 10.9 Å². The third kappa shape index (κ3) is 2.61. The van der Waals surface area contributed by atoms with Crippen LogP contribution in [0.2, 0.25) is 0 Å². The summed E-state index contributed by atoms with van der Waals surface area (Å²) in [6.45, 7) is 3.17. The van der Waals surface area contributed by atoms with E-state index in [1.807, 2.05) is 6.07 Å². The van der Waals surface area contributed by atoms with Crippen LogP contribution in [0.5, 0.6) is 0 Å². The largest absolute Gasteiger partial charge is 0.367 e. The van der Waals surface area contributed by atoms with Gasteiger partial charge in [-0.25, -0.2) is 13.6 Å². The highest BCUT2D eigenvalue weighted by Crippen LogP contribution is 2.33. The van der Waals surface area contributed by atoms with Gasteiger partial charge in [0.1, 0.15) is 0 Å². The topological polar surface area (TPSA) is 76.3 Å². The van der Waals surface area contributed by atoms with Crippen molar-refractivity contribution in [3.63, 3.8) is 0 Å². The lowest BCUT2D eigenvalue weighted by Gasteiger charge is -2.36. The lowest BCUT2D eigenvalue weighted by atomic mass is 10.0. The molecule has 0 bridgehead atoms. The number of sulfonamides is 1. The van der Waals surface area contributed by atoms with Crippen molar-refractivity contribution in [2.75, 3.05) is 11.4 Å². The number of nitrogens with two attached hydrogens (primary N) is 1. The molecule has 1 aliphatic heterocycles. The molecule has 0 aliphatic carbocycles. The number of benzene rings is 1. The first kappa shape index (κ1) is 14.3. The van der Waals surface area contributed by atoms with Gasteiger partial charge in [0.2, 0.25) is 10.0 Å². The molecule has 1 fully saturated rings. The Morgan fingerprint density at radius 2 is 2.10 bits per heavy atom. The van der Waals surface area contributed by atoms with Crippen molar-refractivity contribution in [3.8, 4) is 0 Å². The highest BCUT2D eigenvalue weighted by molar-refractivity contribution is 7.89. The summed E-state index contributed by atoms with van der Waals surface area (Å²) >= 11 is 0. The molecule has 0 radical (unpaired) electrons. The van der Waals surface area contributed by atoms with Crippen LogP contribution in [-0.4, -0.2) is 26.0 Å². The third-order valence-corrected chi connectivity index (χ3v) is 5.10. The zero-order valence-corrected chi connectivity index (χ0v) is 12.8. The molecule has 0 amide bonds. The van der Waals surface area contributed by atoms with E-state index in [9.17, 15) is 8.42 Å². The average Bonchev–Trinajstić information content (AvgIpc) is 2.46. The minimum Gasteiger partial charge on any atom is -0.367 e. The van der Waals surface area contributed by atoms with E-state index in [2.05, 4.69) is 16.8 Å². The molecule has 2 N–H and O–H groups in total. The first-order valence-corrected chi connectivity index (χ1v) is 8.70. The number of nitrogens with zero attached hydrogens (tertiary/aromatic N) is 2. The Balaban J connectivity index is 2.22. The summed E-state index contributed by atoms with van der Waals surface area (Å²) in [5.41, 5.74) is 1.70. The number of piperidine rings is 1. The van der Waals surface area contributed by atoms with Crippen LogP contribution in [0.4, 0.5) is 5.69 Å². The second-order valence-corrected chi connectivity index (χ2v) is 7.10. The van der Waals surface area contributed by atoms with E-state index < -0.39 is 10.0 Å². The predicted molar refractivity (Wildman–Crippen MR) is 83.8 cm³/mol. The molecule has 1 unspecified atom stereocenters. The first-order chi connectivity index (χ1) is 9.98. The summed E-state index contributed by atoms with van der Waals surface area (Å²) in [4.78, 5) is 6.85. The van der Waals surface area contributed by atoms with E-state index in [0.29, 0.717) is 16.9 Å². The highest BCUT2D eigenvalue weighted by Gasteiger charge is 2.23. The lowest BCUT2D eigenvalue weighted by Crippen LogP contribution is -2.37. The Morgan fingerprint density at radius 3 is 2.81 bits per heavy atom. The Labute approximate surface area is 124 Å². The van der Waals surface area contributed by atoms with Crippen LogP contribution in [0.15, 0.2) is 35.4 Å². The number of primary sulfonamides is 1. The van der Waals surface area contributed by atoms with Crippen LogP contribution in [-0.2, 0) is 10.0 Å². The van der Waals surface area contributed by atoms with Gasteiger partial charge in [-0.15, -0.1) is 0 Å². The van der Waals surface area contributed by atoms with Crippen LogP contribution in [0.3, 0.4) is 0 Å². The highest BCUT2D eigenvalue weighted by atomic mass is 32.2. The normalized spacial score (nSPS) is 19.9. The molecule has 2 heterocycles. The Hall–Kier alpha value is -1.66. The van der Waals surface area contributed by atoms with E-state index in [0.717, 1.165) is 25.1 Å². The molecule has 1 aromatic heterocycles. The van der Waals surface area contributed by atoms with Crippen molar-refractivity contribution < 1.29 is 8.42 Å². The van der Waals surface area contributed by atoms with Gasteiger partial charge >= 0.3 is 0 Å². The second-order valence-electron chi connectivity index (χ2n) is 5.57. The van der Waals surface area contributed by atoms with Gasteiger partial charge < -0.3 is 4.90 Å². The van der Waals surface area contributed by atoms with Gasteiger partial charge in [-0.3, -0.25) is 4.98 Å². The molecule has 21 heavy (non-hydrogen) atoms. The summed E-state index contributed by atoms with van der Waals surface area (Å²) < 4.78 is 23.5. The SMILES string of the molecule is CC1CCCCN1c1ccc(S(N)(=O)=O)c2cccnc12. The van der Waals surface area contributed by atoms with E-state index in [4.69, 9.17) is 5.14 Å². The number of pyridine rings is 1. The Morgan fingerprint density at radius 1 is 1.29 bits per heavy atom. The standard InChI is InChI=1S/C15H19N3O2S/c1-11-5-2-3-10-18(11)13-7-8-14(21(16,19)20)12-6-4-9-17-15(12)13/h4,6-9,11H,2-3,5,10H2,1H3,(H2,16,19,20). The fourth-order valence-corrected chi connectivity index (χ4v) is 3.80. The fraction of sp³-hybridized carbons (Fsp3) is 0.400. The molecule has 1 aliphatic rings. The first-order valence-electron chi connectivity index (χ1n) is 7.15. The van der Waals surface area contributed by atoms with Gasteiger partial charge in [-0.05, 0) is 50.5 Å². The summed E-state index contributed by atoms with van der Waals surface area (Å²) in [6.07, 6.45) is 5.21. The molecule has 1 atom stereocenters. The second kappa shape index (κ2) is 5.27. The fourth-order valence-electron chi connectivity index (χ4n) is 3.07. The summed E-state index contributed by atoms with van der Waals surface area (Å²) in [5.74, 6) is 0. The van der Waals surface area contributed by atoms with Crippen LogP contribution >= 0.6 is 0 Å². The van der Waals surface area contributed by atoms with Gasteiger partial charge in [0, 0.05) is 24.2 Å². The summed E-state index contributed by atoms with van der Waals surface area (Å²) in [7, 11) is -3.75. The van der Waals surface area contributed by atoms with Crippen LogP contribution in [0.1, 0.15) is 26.2 Å². The van der Waals surface area contributed by atoms with Crippen molar-refractivity contribution >= 4 is 26.6 Å². The molecule has 1 aromatic carbocycles. The monoisotopic (exact) mass is 305 g/mol. The Bertz CT molecular complexity index is 774. The number of hydrogen-bond donors (Lipinski definition) is 1. The molecule has 6 heteroatoms. The molecule has 0 saturated carbocycles. The van der Waals surface area contributed by atoms with Gasteiger partial charge in [-0.2, -0.15) is 0 Å².